The molecule has 0 N–H and O–H groups in total. The smallest absolute Gasteiger partial charge is 0.265 e. The first-order chi connectivity index (χ1) is 8.89. The number of alkyl halides is 2. The van der Waals surface area contributed by atoms with E-state index in [1.54, 1.807) is 12.1 Å². The van der Waals surface area contributed by atoms with Crippen LogP contribution >= 0.6 is 0 Å². The topological polar surface area (TPSA) is 20.3 Å². The summed E-state index contributed by atoms with van der Waals surface area (Å²) in [5.41, 5.74) is 1.55. The van der Waals surface area contributed by atoms with Gasteiger partial charge in [-0.25, -0.2) is 8.78 Å². The molecule has 0 spiro atoms. The summed E-state index contributed by atoms with van der Waals surface area (Å²) in [5, 5.41) is 0. The first kappa shape index (κ1) is 14.0. The van der Waals surface area contributed by atoms with Crippen molar-refractivity contribution in [3.8, 4) is 0 Å². The molecule has 1 fully saturated rings. The maximum atomic E-state index is 13.3. The van der Waals surface area contributed by atoms with E-state index in [0.717, 1.165) is 5.56 Å². The first-order valence-corrected chi connectivity index (χ1v) is 6.66. The summed E-state index contributed by atoms with van der Waals surface area (Å²) in [6.45, 7) is 4.04. The fourth-order valence-electron chi connectivity index (χ4n) is 2.35. The summed E-state index contributed by atoms with van der Waals surface area (Å²) in [6, 6.07) is 7.26. The molecule has 0 radical (unpaired) electrons. The molecule has 0 unspecified atom stereocenters. The summed E-state index contributed by atoms with van der Waals surface area (Å²) < 4.78 is 26.7. The molecule has 1 aliphatic rings. The Bertz CT molecular complexity index is 471. The molecule has 0 aromatic heterocycles. The van der Waals surface area contributed by atoms with Gasteiger partial charge in [-0.1, -0.05) is 26.0 Å². The lowest BCUT2D eigenvalue weighted by Crippen LogP contribution is -2.45. The number of carbonyl (C=O) groups is 1. The molecule has 0 atom stereocenters. The molecule has 0 bridgehead atoms. The van der Waals surface area contributed by atoms with Gasteiger partial charge >= 0.3 is 0 Å². The molecule has 1 saturated heterocycles. The minimum atomic E-state index is -2.75. The highest BCUT2D eigenvalue weighted by Gasteiger charge is 2.37. The SMILES string of the molecule is CC(C)c1cccc(C(=O)N2CCCC(F)(F)C2)c1. The standard InChI is InChI=1S/C15H19F2NO/c1-11(2)12-5-3-6-13(9-12)14(19)18-8-4-7-15(16,17)10-18/h3,5-6,9,11H,4,7-8,10H2,1-2H3. The summed E-state index contributed by atoms with van der Waals surface area (Å²) in [4.78, 5) is 13.5. The zero-order chi connectivity index (χ0) is 14.0. The van der Waals surface area contributed by atoms with E-state index in [9.17, 15) is 13.6 Å². The van der Waals surface area contributed by atoms with Crippen LogP contribution in [0.5, 0.6) is 0 Å². The van der Waals surface area contributed by atoms with Crippen molar-refractivity contribution in [2.24, 2.45) is 0 Å². The average Bonchev–Trinajstić information content (AvgIpc) is 2.37. The second-order valence-electron chi connectivity index (χ2n) is 5.47. The minimum Gasteiger partial charge on any atom is -0.333 e. The molecular weight excluding hydrogens is 248 g/mol. The number of piperidine rings is 1. The molecule has 1 heterocycles. The Kier molecular flexibility index (Phi) is 3.88. The van der Waals surface area contributed by atoms with Crippen LogP contribution in [-0.4, -0.2) is 29.8 Å². The third-order valence-electron chi connectivity index (χ3n) is 3.48. The number of carbonyl (C=O) groups excluding carboxylic acids is 1. The molecule has 19 heavy (non-hydrogen) atoms. The van der Waals surface area contributed by atoms with E-state index in [2.05, 4.69) is 0 Å². The van der Waals surface area contributed by atoms with Crippen LogP contribution in [0.4, 0.5) is 8.78 Å². The Balaban J connectivity index is 2.17. The average molecular weight is 267 g/mol. The number of nitrogens with zero attached hydrogens (tertiary/aromatic N) is 1. The van der Waals surface area contributed by atoms with Crippen molar-refractivity contribution in [2.45, 2.75) is 38.5 Å². The summed E-state index contributed by atoms with van der Waals surface area (Å²) in [7, 11) is 0. The number of hydrogen-bond acceptors (Lipinski definition) is 1. The molecule has 0 saturated carbocycles. The van der Waals surface area contributed by atoms with Gasteiger partial charge < -0.3 is 4.90 Å². The van der Waals surface area contributed by atoms with Gasteiger partial charge in [0.05, 0.1) is 6.54 Å². The van der Waals surface area contributed by atoms with Crippen molar-refractivity contribution in [2.75, 3.05) is 13.1 Å². The van der Waals surface area contributed by atoms with Crippen molar-refractivity contribution in [1.82, 2.24) is 4.90 Å². The number of amides is 1. The Labute approximate surface area is 112 Å². The van der Waals surface area contributed by atoms with E-state index >= 15 is 0 Å². The fourth-order valence-corrected chi connectivity index (χ4v) is 2.35. The van der Waals surface area contributed by atoms with Crippen LogP contribution in [0.1, 0.15) is 48.5 Å². The fraction of sp³-hybridized carbons (Fsp3) is 0.533. The Morgan fingerprint density at radius 2 is 2.11 bits per heavy atom. The number of halogens is 2. The zero-order valence-electron chi connectivity index (χ0n) is 11.3. The lowest BCUT2D eigenvalue weighted by atomic mass is 9.99. The Morgan fingerprint density at radius 3 is 2.74 bits per heavy atom. The highest BCUT2D eigenvalue weighted by molar-refractivity contribution is 5.94. The Morgan fingerprint density at radius 1 is 1.37 bits per heavy atom. The van der Waals surface area contributed by atoms with Gasteiger partial charge in [0, 0.05) is 18.5 Å². The van der Waals surface area contributed by atoms with Gasteiger partial charge in [-0.2, -0.15) is 0 Å². The van der Waals surface area contributed by atoms with Crippen LogP contribution in [0.2, 0.25) is 0 Å². The van der Waals surface area contributed by atoms with Crippen molar-refractivity contribution in [3.63, 3.8) is 0 Å². The molecule has 104 valence electrons. The molecule has 1 aromatic carbocycles. The molecule has 1 amide bonds. The summed E-state index contributed by atoms with van der Waals surface area (Å²) >= 11 is 0. The van der Waals surface area contributed by atoms with Crippen molar-refractivity contribution in [3.05, 3.63) is 35.4 Å². The van der Waals surface area contributed by atoms with Gasteiger partial charge in [-0.05, 0) is 30.0 Å². The van der Waals surface area contributed by atoms with Gasteiger partial charge in [-0.15, -0.1) is 0 Å². The second kappa shape index (κ2) is 5.27. The van der Waals surface area contributed by atoms with Crippen molar-refractivity contribution >= 4 is 5.91 Å². The zero-order valence-corrected chi connectivity index (χ0v) is 11.3. The van der Waals surface area contributed by atoms with Crippen LogP contribution in [0, 0.1) is 0 Å². The van der Waals surface area contributed by atoms with Crippen molar-refractivity contribution in [1.29, 1.82) is 0 Å². The first-order valence-electron chi connectivity index (χ1n) is 6.66. The summed E-state index contributed by atoms with van der Waals surface area (Å²) in [5.74, 6) is -2.72. The van der Waals surface area contributed by atoms with E-state index in [-0.39, 0.29) is 12.3 Å². The highest BCUT2D eigenvalue weighted by Crippen LogP contribution is 2.27. The van der Waals surface area contributed by atoms with Crippen LogP contribution in [0.3, 0.4) is 0 Å². The van der Waals surface area contributed by atoms with Crippen LogP contribution in [0.15, 0.2) is 24.3 Å². The van der Waals surface area contributed by atoms with E-state index in [1.807, 2.05) is 26.0 Å². The highest BCUT2D eigenvalue weighted by atomic mass is 19.3. The van der Waals surface area contributed by atoms with E-state index in [0.29, 0.717) is 24.4 Å². The number of likely N-dealkylation sites (tertiary alicyclic amines) is 1. The number of rotatable bonds is 2. The molecule has 4 heteroatoms. The predicted molar refractivity (Wildman–Crippen MR) is 70.6 cm³/mol. The number of hydrogen-bond donors (Lipinski definition) is 0. The van der Waals surface area contributed by atoms with Gasteiger partial charge in [0.1, 0.15) is 0 Å². The quantitative estimate of drug-likeness (QED) is 0.800. The third-order valence-corrected chi connectivity index (χ3v) is 3.48. The lowest BCUT2D eigenvalue weighted by molar-refractivity contribution is -0.0560. The van der Waals surface area contributed by atoms with Gasteiger partial charge in [-0.3, -0.25) is 4.79 Å². The number of benzene rings is 1. The third kappa shape index (κ3) is 3.31. The predicted octanol–water partition coefficient (Wildman–Crippen LogP) is 3.68. The van der Waals surface area contributed by atoms with Crippen LogP contribution in [-0.2, 0) is 0 Å². The van der Waals surface area contributed by atoms with E-state index < -0.39 is 12.5 Å². The molecule has 1 aromatic rings. The lowest BCUT2D eigenvalue weighted by Gasteiger charge is -2.32. The maximum Gasteiger partial charge on any atom is 0.265 e. The Hall–Kier alpha value is -1.45. The molecule has 2 nitrogen and oxygen atoms in total. The maximum absolute atomic E-state index is 13.3. The van der Waals surface area contributed by atoms with Gasteiger partial charge in [0.2, 0.25) is 0 Å². The molecular formula is C15H19F2NO. The largest absolute Gasteiger partial charge is 0.333 e. The second-order valence-corrected chi connectivity index (χ2v) is 5.47. The van der Waals surface area contributed by atoms with E-state index in [4.69, 9.17) is 0 Å². The van der Waals surface area contributed by atoms with Gasteiger partial charge in [0.25, 0.3) is 11.8 Å². The molecule has 0 aliphatic carbocycles. The summed E-state index contributed by atoms with van der Waals surface area (Å²) in [6.07, 6.45) is 0.241. The minimum absolute atomic E-state index is 0.122. The van der Waals surface area contributed by atoms with Crippen LogP contribution < -0.4 is 0 Å². The normalized spacial score (nSPS) is 18.7. The molecule has 2 rings (SSSR count). The molecule has 1 aliphatic heterocycles. The van der Waals surface area contributed by atoms with Crippen molar-refractivity contribution < 1.29 is 13.6 Å². The van der Waals surface area contributed by atoms with Crippen LogP contribution in [0.25, 0.3) is 0 Å². The van der Waals surface area contributed by atoms with E-state index in [1.165, 1.54) is 4.90 Å². The monoisotopic (exact) mass is 267 g/mol. The van der Waals surface area contributed by atoms with Gasteiger partial charge in [0.15, 0.2) is 0 Å².